The van der Waals surface area contributed by atoms with Gasteiger partial charge in [-0.05, 0) is 6.08 Å². The molecule has 6 nitrogen and oxygen atoms in total. The third-order valence-corrected chi connectivity index (χ3v) is 1.64. The standard InChI is InChI=1S/C8H11NO5/c1-3-6(10)9(2)5(8(13)14)4-7(11)12/h3,5H,1,4H2,2H3,(H,11,12)(H,13,14). The van der Waals surface area contributed by atoms with E-state index in [0.717, 1.165) is 11.0 Å². The largest absolute Gasteiger partial charge is 0.481 e. The molecule has 0 saturated carbocycles. The molecule has 2 N–H and O–H groups in total. The molecule has 0 rings (SSSR count). The van der Waals surface area contributed by atoms with Crippen molar-refractivity contribution in [2.45, 2.75) is 12.5 Å². The van der Waals surface area contributed by atoms with Gasteiger partial charge in [0.1, 0.15) is 6.04 Å². The van der Waals surface area contributed by atoms with Crippen molar-refractivity contribution in [2.75, 3.05) is 7.05 Å². The SMILES string of the molecule is C=CC(=O)N(C)C(CC(=O)O)C(=O)O. The lowest BCUT2D eigenvalue weighted by Gasteiger charge is -2.21. The Balaban J connectivity index is 4.64. The Kier molecular flexibility index (Phi) is 4.34. The summed E-state index contributed by atoms with van der Waals surface area (Å²) in [6, 6.07) is -1.36. The molecule has 0 aliphatic carbocycles. The van der Waals surface area contributed by atoms with Crippen LogP contribution in [0, 0.1) is 0 Å². The molecule has 78 valence electrons. The zero-order valence-corrected chi connectivity index (χ0v) is 7.64. The summed E-state index contributed by atoms with van der Waals surface area (Å²) in [7, 11) is 1.21. The summed E-state index contributed by atoms with van der Waals surface area (Å²) in [6.07, 6.45) is 0.295. The number of carboxylic acids is 2. The summed E-state index contributed by atoms with van der Waals surface area (Å²) in [5.41, 5.74) is 0. The molecule has 0 saturated heterocycles. The van der Waals surface area contributed by atoms with Gasteiger partial charge in [0.2, 0.25) is 5.91 Å². The van der Waals surface area contributed by atoms with Gasteiger partial charge in [0.05, 0.1) is 6.42 Å². The van der Waals surface area contributed by atoms with E-state index in [9.17, 15) is 14.4 Å². The fraction of sp³-hybridized carbons (Fsp3) is 0.375. The van der Waals surface area contributed by atoms with E-state index in [1.807, 2.05) is 0 Å². The average molecular weight is 201 g/mol. The number of aliphatic carboxylic acids is 2. The Morgan fingerprint density at radius 1 is 1.43 bits per heavy atom. The molecule has 0 spiro atoms. The Hall–Kier alpha value is -1.85. The number of amides is 1. The lowest BCUT2D eigenvalue weighted by atomic mass is 10.2. The van der Waals surface area contributed by atoms with Crippen molar-refractivity contribution in [3.8, 4) is 0 Å². The maximum atomic E-state index is 11.0. The molecule has 1 amide bonds. The van der Waals surface area contributed by atoms with Crippen LogP contribution in [0.2, 0.25) is 0 Å². The molecular weight excluding hydrogens is 190 g/mol. The van der Waals surface area contributed by atoms with Crippen molar-refractivity contribution in [3.63, 3.8) is 0 Å². The summed E-state index contributed by atoms with van der Waals surface area (Å²) in [5.74, 6) is -3.26. The minimum absolute atomic E-state index is 0.626. The molecule has 0 radical (unpaired) electrons. The predicted molar refractivity (Wildman–Crippen MR) is 46.6 cm³/mol. The Labute approximate surface area is 80.4 Å². The molecule has 0 aromatic heterocycles. The number of rotatable bonds is 5. The summed E-state index contributed by atoms with van der Waals surface area (Å²) in [6.45, 7) is 3.17. The average Bonchev–Trinajstić information content (AvgIpc) is 2.11. The minimum atomic E-state index is -1.36. The van der Waals surface area contributed by atoms with E-state index in [1.165, 1.54) is 7.05 Å². The highest BCUT2D eigenvalue weighted by molar-refractivity contribution is 5.91. The van der Waals surface area contributed by atoms with Gasteiger partial charge >= 0.3 is 11.9 Å². The molecular formula is C8H11NO5. The molecule has 0 heterocycles. The minimum Gasteiger partial charge on any atom is -0.481 e. The van der Waals surface area contributed by atoms with Crippen LogP contribution in [0.15, 0.2) is 12.7 Å². The third kappa shape index (κ3) is 3.26. The highest BCUT2D eigenvalue weighted by Gasteiger charge is 2.27. The molecule has 0 aliphatic heterocycles. The van der Waals surface area contributed by atoms with E-state index < -0.39 is 30.3 Å². The molecule has 0 bridgehead atoms. The van der Waals surface area contributed by atoms with E-state index in [4.69, 9.17) is 10.2 Å². The highest BCUT2D eigenvalue weighted by atomic mass is 16.4. The maximum absolute atomic E-state index is 11.0. The van der Waals surface area contributed by atoms with Crippen molar-refractivity contribution < 1.29 is 24.6 Å². The zero-order chi connectivity index (χ0) is 11.3. The van der Waals surface area contributed by atoms with Crippen LogP contribution in [0.3, 0.4) is 0 Å². The molecule has 0 aromatic rings. The van der Waals surface area contributed by atoms with Gasteiger partial charge in [-0.15, -0.1) is 0 Å². The molecule has 0 aliphatic rings. The second-order valence-corrected chi connectivity index (χ2v) is 2.61. The first-order chi connectivity index (χ1) is 6.40. The van der Waals surface area contributed by atoms with Gasteiger partial charge in [-0.1, -0.05) is 6.58 Å². The number of carbonyl (C=O) groups excluding carboxylic acids is 1. The number of nitrogens with zero attached hydrogens (tertiary/aromatic N) is 1. The van der Waals surface area contributed by atoms with Crippen molar-refractivity contribution in [1.82, 2.24) is 4.90 Å². The zero-order valence-electron chi connectivity index (χ0n) is 7.64. The molecule has 14 heavy (non-hydrogen) atoms. The number of hydrogen-bond acceptors (Lipinski definition) is 3. The molecule has 0 fully saturated rings. The van der Waals surface area contributed by atoms with Crippen molar-refractivity contribution in [2.24, 2.45) is 0 Å². The van der Waals surface area contributed by atoms with Crippen LogP contribution in [0.25, 0.3) is 0 Å². The van der Waals surface area contributed by atoms with Gasteiger partial charge in [0.25, 0.3) is 0 Å². The van der Waals surface area contributed by atoms with Crippen molar-refractivity contribution in [3.05, 3.63) is 12.7 Å². The maximum Gasteiger partial charge on any atom is 0.327 e. The van der Waals surface area contributed by atoms with Crippen LogP contribution in [0.4, 0.5) is 0 Å². The normalized spacial score (nSPS) is 11.5. The topological polar surface area (TPSA) is 94.9 Å². The van der Waals surface area contributed by atoms with E-state index >= 15 is 0 Å². The summed E-state index contributed by atoms with van der Waals surface area (Å²) in [5, 5.41) is 17.1. The first-order valence-electron chi connectivity index (χ1n) is 3.74. The smallest absolute Gasteiger partial charge is 0.327 e. The van der Waals surface area contributed by atoms with Crippen LogP contribution >= 0.6 is 0 Å². The summed E-state index contributed by atoms with van der Waals surface area (Å²) >= 11 is 0. The first kappa shape index (κ1) is 12.2. The number of hydrogen-bond donors (Lipinski definition) is 2. The van der Waals surface area contributed by atoms with Gasteiger partial charge in [-0.2, -0.15) is 0 Å². The van der Waals surface area contributed by atoms with Gasteiger partial charge in [-0.25, -0.2) is 4.79 Å². The lowest BCUT2D eigenvalue weighted by Crippen LogP contribution is -2.42. The number of likely N-dealkylation sites (N-methyl/N-ethyl adjacent to an activating group) is 1. The summed E-state index contributed by atoms with van der Waals surface area (Å²) < 4.78 is 0. The first-order valence-corrected chi connectivity index (χ1v) is 3.74. The van der Waals surface area contributed by atoms with Crippen LogP contribution in [0.1, 0.15) is 6.42 Å². The molecule has 1 unspecified atom stereocenters. The monoisotopic (exact) mass is 201 g/mol. The van der Waals surface area contributed by atoms with Gasteiger partial charge < -0.3 is 15.1 Å². The second-order valence-electron chi connectivity index (χ2n) is 2.61. The van der Waals surface area contributed by atoms with E-state index in [2.05, 4.69) is 6.58 Å². The second kappa shape index (κ2) is 5.00. The molecule has 0 aromatic carbocycles. The highest BCUT2D eigenvalue weighted by Crippen LogP contribution is 2.03. The summed E-state index contributed by atoms with van der Waals surface area (Å²) in [4.78, 5) is 32.7. The van der Waals surface area contributed by atoms with Gasteiger partial charge in [0.15, 0.2) is 0 Å². The van der Waals surface area contributed by atoms with Crippen LogP contribution in [-0.2, 0) is 14.4 Å². The van der Waals surface area contributed by atoms with Crippen molar-refractivity contribution >= 4 is 17.8 Å². The van der Waals surface area contributed by atoms with E-state index in [-0.39, 0.29) is 0 Å². The van der Waals surface area contributed by atoms with Gasteiger partial charge in [-0.3, -0.25) is 9.59 Å². The Morgan fingerprint density at radius 3 is 2.21 bits per heavy atom. The number of carboxylic acid groups (broad SMARTS) is 2. The van der Waals surface area contributed by atoms with Gasteiger partial charge in [0, 0.05) is 7.05 Å². The lowest BCUT2D eigenvalue weighted by molar-refractivity contribution is -0.152. The Morgan fingerprint density at radius 2 is 1.93 bits per heavy atom. The predicted octanol–water partition coefficient (Wildman–Crippen LogP) is -0.441. The molecule has 1 atom stereocenters. The quantitative estimate of drug-likeness (QED) is 0.588. The van der Waals surface area contributed by atoms with E-state index in [1.54, 1.807) is 0 Å². The fourth-order valence-corrected chi connectivity index (χ4v) is 0.853. The number of carbonyl (C=O) groups is 3. The Bertz CT molecular complexity index is 273. The molecule has 6 heteroatoms. The fourth-order valence-electron chi connectivity index (χ4n) is 0.853. The van der Waals surface area contributed by atoms with Crippen LogP contribution < -0.4 is 0 Å². The van der Waals surface area contributed by atoms with Crippen molar-refractivity contribution in [1.29, 1.82) is 0 Å². The van der Waals surface area contributed by atoms with Crippen LogP contribution in [-0.4, -0.2) is 46.0 Å². The van der Waals surface area contributed by atoms with Crippen LogP contribution in [0.5, 0.6) is 0 Å². The van der Waals surface area contributed by atoms with E-state index in [0.29, 0.717) is 0 Å². The third-order valence-electron chi connectivity index (χ3n) is 1.64.